The number of carbonyl (C=O) groups is 1. The van der Waals surface area contributed by atoms with Crippen molar-refractivity contribution >= 4 is 29.3 Å². The van der Waals surface area contributed by atoms with Crippen molar-refractivity contribution in [2.75, 3.05) is 0 Å². The Bertz CT molecular complexity index is 1370. The van der Waals surface area contributed by atoms with E-state index in [0.29, 0.717) is 11.5 Å². The van der Waals surface area contributed by atoms with Gasteiger partial charge in [-0.05, 0) is 81.9 Å². The molecule has 3 nitrogen and oxygen atoms in total. The summed E-state index contributed by atoms with van der Waals surface area (Å²) >= 11 is 0. The van der Waals surface area contributed by atoms with E-state index in [0.717, 1.165) is 47.6 Å². The number of hydrogen-bond acceptors (Lipinski definition) is 2. The van der Waals surface area contributed by atoms with E-state index in [-0.39, 0.29) is 0 Å². The number of benzene rings is 3. The summed E-state index contributed by atoms with van der Waals surface area (Å²) in [6.45, 7) is 4.38. The first-order valence-electron chi connectivity index (χ1n) is 12.1. The highest BCUT2D eigenvalue weighted by molar-refractivity contribution is 6.02. The summed E-state index contributed by atoms with van der Waals surface area (Å²) in [5, 5.41) is 18.8. The van der Waals surface area contributed by atoms with Gasteiger partial charge in [-0.2, -0.15) is 5.26 Å². The minimum atomic E-state index is -0.965. The zero-order valence-electron chi connectivity index (χ0n) is 20.2. The summed E-state index contributed by atoms with van der Waals surface area (Å²) in [7, 11) is 0. The fourth-order valence-electron chi connectivity index (χ4n) is 4.95. The maximum Gasteiger partial charge on any atom is 0.328 e. The summed E-state index contributed by atoms with van der Waals surface area (Å²) in [5.41, 5.74) is 9.79. The number of carboxylic acids is 1. The monoisotopic (exact) mass is 459 g/mol. The molecule has 0 aromatic heterocycles. The van der Waals surface area contributed by atoms with Crippen LogP contribution in [0.5, 0.6) is 0 Å². The van der Waals surface area contributed by atoms with Crippen LogP contribution in [0.2, 0.25) is 0 Å². The first-order chi connectivity index (χ1) is 17.0. The van der Waals surface area contributed by atoms with Crippen LogP contribution >= 0.6 is 0 Å². The molecule has 35 heavy (non-hydrogen) atoms. The number of allylic oxidation sites excluding steroid dienone is 3. The van der Waals surface area contributed by atoms with Crippen molar-refractivity contribution < 1.29 is 9.90 Å². The molecule has 0 amide bonds. The van der Waals surface area contributed by atoms with E-state index in [1.807, 2.05) is 36.4 Å². The molecule has 1 N–H and O–H groups in total. The quantitative estimate of drug-likeness (QED) is 0.292. The van der Waals surface area contributed by atoms with Gasteiger partial charge in [-0.1, -0.05) is 86.7 Å². The Morgan fingerprint density at radius 3 is 2.43 bits per heavy atom. The molecule has 4 rings (SSSR count). The van der Waals surface area contributed by atoms with Gasteiger partial charge in [0.25, 0.3) is 0 Å². The summed E-state index contributed by atoms with van der Waals surface area (Å²) in [6.07, 6.45) is 7.86. The van der Waals surface area contributed by atoms with Gasteiger partial charge >= 0.3 is 5.97 Å². The van der Waals surface area contributed by atoms with E-state index in [1.54, 1.807) is 6.08 Å². The second kappa shape index (κ2) is 10.8. The topological polar surface area (TPSA) is 61.1 Å². The van der Waals surface area contributed by atoms with E-state index in [4.69, 9.17) is 5.11 Å². The maximum atomic E-state index is 10.9. The van der Waals surface area contributed by atoms with Crippen LogP contribution in [0.15, 0.2) is 84.4 Å². The number of rotatable bonds is 7. The van der Waals surface area contributed by atoms with Crippen LogP contribution in [-0.4, -0.2) is 11.1 Å². The fraction of sp³-hybridized carbons (Fsp3) is 0.188. The van der Waals surface area contributed by atoms with Gasteiger partial charge < -0.3 is 5.11 Å². The number of hydrogen-bond donors (Lipinski definition) is 1. The van der Waals surface area contributed by atoms with Crippen LogP contribution in [0.4, 0.5) is 0 Å². The molecule has 1 aliphatic carbocycles. The van der Waals surface area contributed by atoms with E-state index in [2.05, 4.69) is 62.4 Å². The normalized spacial score (nSPS) is 15.7. The summed E-state index contributed by atoms with van der Waals surface area (Å²) in [4.78, 5) is 10.9. The Balaban J connectivity index is 1.98. The Kier molecular flexibility index (Phi) is 7.43. The Hall–Kier alpha value is -4.16. The van der Waals surface area contributed by atoms with Gasteiger partial charge in [-0.3, -0.25) is 0 Å². The van der Waals surface area contributed by atoms with Gasteiger partial charge in [0.15, 0.2) is 0 Å². The smallest absolute Gasteiger partial charge is 0.328 e. The molecule has 0 radical (unpaired) electrons. The largest absolute Gasteiger partial charge is 0.478 e. The van der Waals surface area contributed by atoms with Crippen LogP contribution < -0.4 is 0 Å². The molecule has 1 aliphatic rings. The lowest BCUT2D eigenvalue weighted by Gasteiger charge is -2.29. The van der Waals surface area contributed by atoms with Crippen molar-refractivity contribution in [2.45, 2.75) is 33.1 Å². The minimum absolute atomic E-state index is 0.363. The molecule has 174 valence electrons. The molecule has 1 atom stereocenters. The number of fused-ring (bicyclic) bond motifs is 1. The lowest BCUT2D eigenvalue weighted by Crippen LogP contribution is -2.15. The second-order valence-corrected chi connectivity index (χ2v) is 8.77. The van der Waals surface area contributed by atoms with Gasteiger partial charge in [0.1, 0.15) is 0 Å². The zero-order chi connectivity index (χ0) is 24.8. The van der Waals surface area contributed by atoms with E-state index < -0.39 is 5.97 Å². The van der Waals surface area contributed by atoms with E-state index >= 15 is 0 Å². The highest BCUT2D eigenvalue weighted by Gasteiger charge is 2.26. The number of nitrogens with zero attached hydrogens (tertiary/aromatic N) is 1. The average Bonchev–Trinajstić information content (AvgIpc) is 2.90. The third-order valence-corrected chi connectivity index (χ3v) is 6.70. The van der Waals surface area contributed by atoms with E-state index in [9.17, 15) is 10.1 Å². The van der Waals surface area contributed by atoms with E-state index in [1.165, 1.54) is 22.3 Å². The highest BCUT2D eigenvalue weighted by atomic mass is 16.4. The lowest BCUT2D eigenvalue weighted by molar-refractivity contribution is -0.131. The predicted molar refractivity (Wildman–Crippen MR) is 143 cm³/mol. The number of carboxylic acid groups (broad SMARTS) is 1. The zero-order valence-corrected chi connectivity index (χ0v) is 20.2. The highest BCUT2D eigenvalue weighted by Crippen LogP contribution is 2.43. The van der Waals surface area contributed by atoms with Crippen molar-refractivity contribution in [1.29, 1.82) is 5.26 Å². The second-order valence-electron chi connectivity index (χ2n) is 8.77. The molecular formula is C32H29NO2. The Morgan fingerprint density at radius 2 is 1.74 bits per heavy atom. The molecule has 1 unspecified atom stereocenters. The van der Waals surface area contributed by atoms with Crippen molar-refractivity contribution in [3.8, 4) is 6.07 Å². The van der Waals surface area contributed by atoms with Gasteiger partial charge in [-0.15, -0.1) is 0 Å². The molecule has 0 bridgehead atoms. The van der Waals surface area contributed by atoms with Crippen LogP contribution in [-0.2, 0) is 11.2 Å². The summed E-state index contributed by atoms with van der Waals surface area (Å²) < 4.78 is 0. The first kappa shape index (κ1) is 24.0. The lowest BCUT2D eigenvalue weighted by atomic mass is 9.74. The molecule has 0 fully saturated rings. The van der Waals surface area contributed by atoms with Gasteiger partial charge in [0.05, 0.1) is 11.6 Å². The molecule has 0 saturated carbocycles. The summed E-state index contributed by atoms with van der Waals surface area (Å²) in [6, 6.07) is 26.8. The standard InChI is InChI=1S/C32H29NO2/c1-3-23-19-25-9-5-6-10-26(25)20-30(23)32(24-16-13-22(14-17-24)15-18-31(34)35)28(4-2)29-12-8-7-11-27(29)21-33/h5-18,20,23H,3-4,19H2,1-2H3,(H,34,35)/b18-15+,32-28+. The molecular weight excluding hydrogens is 430 g/mol. The van der Waals surface area contributed by atoms with Crippen LogP contribution in [0.25, 0.3) is 23.3 Å². The van der Waals surface area contributed by atoms with Crippen LogP contribution in [0, 0.1) is 17.2 Å². The minimum Gasteiger partial charge on any atom is -0.478 e. The predicted octanol–water partition coefficient (Wildman–Crippen LogP) is 7.64. The first-order valence-corrected chi connectivity index (χ1v) is 12.1. The van der Waals surface area contributed by atoms with Gasteiger partial charge in [0, 0.05) is 6.08 Å². The molecule has 3 aromatic carbocycles. The molecule has 0 heterocycles. The van der Waals surface area contributed by atoms with Crippen LogP contribution in [0.1, 0.15) is 60.1 Å². The third-order valence-electron chi connectivity index (χ3n) is 6.70. The fourth-order valence-corrected chi connectivity index (χ4v) is 4.95. The van der Waals surface area contributed by atoms with Crippen molar-refractivity contribution in [3.63, 3.8) is 0 Å². The average molecular weight is 460 g/mol. The van der Waals surface area contributed by atoms with Gasteiger partial charge in [-0.25, -0.2) is 4.79 Å². The maximum absolute atomic E-state index is 10.9. The van der Waals surface area contributed by atoms with Crippen molar-refractivity contribution in [3.05, 3.63) is 118 Å². The SMILES string of the molecule is CC/C(=C(\C1=Cc2ccccc2CC1CC)c1ccc(/C=C/C(=O)O)cc1)c1ccccc1C#N. The molecule has 3 heteroatoms. The molecule has 3 aromatic rings. The summed E-state index contributed by atoms with van der Waals surface area (Å²) in [5.74, 6) is -0.602. The molecule has 0 saturated heterocycles. The number of aliphatic carboxylic acids is 1. The number of nitriles is 1. The molecule has 0 spiro atoms. The van der Waals surface area contributed by atoms with Crippen LogP contribution in [0.3, 0.4) is 0 Å². The van der Waals surface area contributed by atoms with Crippen molar-refractivity contribution in [1.82, 2.24) is 0 Å². The Morgan fingerprint density at radius 1 is 1.03 bits per heavy atom. The van der Waals surface area contributed by atoms with Crippen molar-refractivity contribution in [2.24, 2.45) is 5.92 Å². The molecule has 0 aliphatic heterocycles. The Labute approximate surface area is 207 Å². The third kappa shape index (κ3) is 5.18. The van der Waals surface area contributed by atoms with Gasteiger partial charge in [0.2, 0.25) is 0 Å².